The smallest absolute Gasteiger partial charge is 0.427 e. The number of hydrogen-bond donors (Lipinski definition) is 1. The molecule has 1 amide bonds. The summed E-state index contributed by atoms with van der Waals surface area (Å²) in [5, 5.41) is 2.25. The Kier molecular flexibility index (Phi) is 9.88. The van der Waals surface area contributed by atoms with Gasteiger partial charge < -0.3 is 14.8 Å². The number of nitrogens with one attached hydrogen (secondary N) is 1. The molecule has 0 heterocycles. The van der Waals surface area contributed by atoms with Gasteiger partial charge in [0.05, 0.1) is 10.9 Å². The maximum atomic E-state index is 13.7. The lowest BCUT2D eigenvalue weighted by molar-refractivity contribution is -0.121. The molecule has 1 aromatic rings. The Bertz CT molecular complexity index is 816. The van der Waals surface area contributed by atoms with Crippen LogP contribution < -0.4 is 5.32 Å². The molecule has 0 aliphatic carbocycles. The summed E-state index contributed by atoms with van der Waals surface area (Å²) in [6.45, 7) is 4.16. The van der Waals surface area contributed by atoms with E-state index in [9.17, 15) is 22.4 Å². The first-order chi connectivity index (χ1) is 13.5. The van der Waals surface area contributed by atoms with Crippen molar-refractivity contribution in [1.82, 2.24) is 5.32 Å². The van der Waals surface area contributed by atoms with Gasteiger partial charge >= 0.3 is 6.16 Å². The summed E-state index contributed by atoms with van der Waals surface area (Å²) < 4.78 is 47.2. The van der Waals surface area contributed by atoms with Crippen molar-refractivity contribution in [2.24, 2.45) is 0 Å². The second kappa shape index (κ2) is 11.4. The number of benzene rings is 1. The fourth-order valence-corrected chi connectivity index (χ4v) is 3.04. The minimum Gasteiger partial charge on any atom is -0.427 e. The first-order valence-electron chi connectivity index (χ1n) is 8.47. The van der Waals surface area contributed by atoms with Crippen molar-refractivity contribution in [1.29, 1.82) is 0 Å². The van der Waals surface area contributed by atoms with E-state index in [1.54, 1.807) is 6.92 Å². The van der Waals surface area contributed by atoms with Crippen LogP contribution in [-0.4, -0.2) is 50.4 Å². The summed E-state index contributed by atoms with van der Waals surface area (Å²) >= 11 is 11.0. The summed E-state index contributed by atoms with van der Waals surface area (Å²) in [5.41, 5.74) is 0.227. The highest BCUT2D eigenvalue weighted by Crippen LogP contribution is 2.25. The van der Waals surface area contributed by atoms with E-state index in [0.717, 1.165) is 6.26 Å². The number of halogens is 3. The van der Waals surface area contributed by atoms with Crippen molar-refractivity contribution in [3.8, 4) is 0 Å². The van der Waals surface area contributed by atoms with Crippen molar-refractivity contribution in [2.45, 2.75) is 41.3 Å². The number of rotatable bonds is 10. The molecule has 0 saturated carbocycles. The van der Waals surface area contributed by atoms with Crippen LogP contribution >= 0.6 is 23.2 Å². The van der Waals surface area contributed by atoms with E-state index in [2.05, 4.69) is 11.9 Å². The maximum Gasteiger partial charge on any atom is 0.509 e. The molecule has 1 rings (SSSR count). The zero-order valence-corrected chi connectivity index (χ0v) is 18.1. The average molecular weight is 470 g/mol. The van der Waals surface area contributed by atoms with Gasteiger partial charge in [-0.15, -0.1) is 0 Å². The van der Waals surface area contributed by atoms with Gasteiger partial charge in [0.25, 0.3) is 5.91 Å². The van der Waals surface area contributed by atoms with Crippen LogP contribution in [0.2, 0.25) is 0 Å². The molecule has 1 N–H and O–H groups in total. The molecule has 1 unspecified atom stereocenters. The number of carbonyl (C=O) groups excluding carboxylic acids is 2. The maximum absolute atomic E-state index is 13.7. The molecule has 0 aliphatic rings. The molecule has 0 radical (unpaired) electrons. The third kappa shape index (κ3) is 7.83. The first-order valence-corrected chi connectivity index (χ1v) is 11.2. The Morgan fingerprint density at radius 1 is 1.24 bits per heavy atom. The fraction of sp³-hybridized carbons (Fsp3) is 0.444. The van der Waals surface area contributed by atoms with Crippen LogP contribution in [0.4, 0.5) is 9.18 Å². The number of hydrogen-bond acceptors (Lipinski definition) is 6. The molecule has 0 saturated heterocycles. The summed E-state index contributed by atoms with van der Waals surface area (Å²) in [7, 11) is -3.47. The largest absolute Gasteiger partial charge is 0.509 e. The minimum atomic E-state index is -3.47. The van der Waals surface area contributed by atoms with Crippen LogP contribution in [0.25, 0.3) is 0 Å². The van der Waals surface area contributed by atoms with Crippen molar-refractivity contribution >= 4 is 45.1 Å². The average Bonchev–Trinajstić information content (AvgIpc) is 2.67. The standard InChI is InChI=1S/C18H22Cl2FNO6S/c1-4-12(5-2)27-18(24)28-15(14(10-21)22-17(23)16(19)20)11-6-8-13(9-7-11)29(3,25)26/h4,6-9,12,14-16H,1,5,10H2,2-3H3,(H,22,23)/t12?,14-,15-/m1/s1. The van der Waals surface area contributed by atoms with E-state index in [1.165, 1.54) is 30.3 Å². The van der Waals surface area contributed by atoms with Crippen molar-refractivity contribution in [3.05, 3.63) is 42.5 Å². The van der Waals surface area contributed by atoms with Gasteiger partial charge in [-0.1, -0.05) is 54.9 Å². The monoisotopic (exact) mass is 469 g/mol. The van der Waals surface area contributed by atoms with E-state index in [-0.39, 0.29) is 10.5 Å². The Morgan fingerprint density at radius 3 is 2.24 bits per heavy atom. The molecule has 29 heavy (non-hydrogen) atoms. The predicted molar refractivity (Wildman–Crippen MR) is 108 cm³/mol. The highest BCUT2D eigenvalue weighted by Gasteiger charge is 2.31. The topological polar surface area (TPSA) is 98.8 Å². The molecular weight excluding hydrogens is 448 g/mol. The molecule has 1 aromatic carbocycles. The lowest BCUT2D eigenvalue weighted by atomic mass is 10.0. The van der Waals surface area contributed by atoms with Gasteiger partial charge in [0, 0.05) is 6.26 Å². The SMILES string of the molecule is C=CC(CC)OC(=O)O[C@H](c1ccc(S(C)(=O)=O)cc1)[C@@H](CF)NC(=O)C(Cl)Cl. The van der Waals surface area contributed by atoms with Gasteiger partial charge in [-0.25, -0.2) is 17.6 Å². The summed E-state index contributed by atoms with van der Waals surface area (Å²) in [4.78, 5) is 22.5. The number of carbonyl (C=O) groups is 2. The molecule has 0 bridgehead atoms. The summed E-state index contributed by atoms with van der Waals surface area (Å²) in [6.07, 6.45) is -0.203. The second-order valence-electron chi connectivity index (χ2n) is 6.00. The molecular formula is C18H22Cl2FNO6S. The molecule has 162 valence electrons. The highest BCUT2D eigenvalue weighted by atomic mass is 35.5. The van der Waals surface area contributed by atoms with Gasteiger partial charge in [-0.3, -0.25) is 4.79 Å². The molecule has 3 atom stereocenters. The van der Waals surface area contributed by atoms with Gasteiger partial charge in [-0.2, -0.15) is 0 Å². The molecule has 0 aliphatic heterocycles. The minimum absolute atomic E-state index is 0.0164. The van der Waals surface area contributed by atoms with E-state index in [4.69, 9.17) is 32.7 Å². The zero-order chi connectivity index (χ0) is 22.2. The van der Waals surface area contributed by atoms with Crippen molar-refractivity contribution in [3.63, 3.8) is 0 Å². The summed E-state index contributed by atoms with van der Waals surface area (Å²) in [6, 6.07) is 3.88. The van der Waals surface area contributed by atoms with Gasteiger partial charge in [0.2, 0.25) is 0 Å². The zero-order valence-electron chi connectivity index (χ0n) is 15.8. The quantitative estimate of drug-likeness (QED) is 0.319. The number of amides is 1. The van der Waals surface area contributed by atoms with E-state index >= 15 is 0 Å². The van der Waals surface area contributed by atoms with Gasteiger partial charge in [0.1, 0.15) is 12.8 Å². The van der Waals surface area contributed by atoms with Crippen LogP contribution in [0.15, 0.2) is 41.8 Å². The lowest BCUT2D eigenvalue weighted by Gasteiger charge is -2.27. The normalized spacial score (nSPS) is 14.6. The molecule has 0 spiro atoms. The van der Waals surface area contributed by atoms with Crippen LogP contribution in [-0.2, 0) is 24.1 Å². The molecule has 0 aromatic heterocycles. The Balaban J connectivity index is 3.20. The molecule has 7 nitrogen and oxygen atoms in total. The van der Waals surface area contributed by atoms with Crippen LogP contribution in [0.1, 0.15) is 25.0 Å². The molecule has 0 fully saturated rings. The Hall–Kier alpha value is -1.84. The highest BCUT2D eigenvalue weighted by molar-refractivity contribution is 7.90. The van der Waals surface area contributed by atoms with Crippen LogP contribution in [0.3, 0.4) is 0 Å². The lowest BCUT2D eigenvalue weighted by Crippen LogP contribution is -2.44. The summed E-state index contributed by atoms with van der Waals surface area (Å²) in [5.74, 6) is -0.886. The third-order valence-corrected chi connectivity index (χ3v) is 5.36. The number of alkyl halides is 3. The van der Waals surface area contributed by atoms with E-state index < -0.39 is 51.7 Å². The van der Waals surface area contributed by atoms with Crippen LogP contribution in [0.5, 0.6) is 0 Å². The Labute approximate surface area is 179 Å². The second-order valence-corrected chi connectivity index (χ2v) is 9.11. The fourth-order valence-electron chi connectivity index (χ4n) is 2.28. The predicted octanol–water partition coefficient (Wildman–Crippen LogP) is 3.51. The number of ether oxygens (including phenoxy) is 2. The van der Waals surface area contributed by atoms with Crippen molar-refractivity contribution < 1.29 is 31.9 Å². The first kappa shape index (κ1) is 25.2. The van der Waals surface area contributed by atoms with Gasteiger partial charge in [0.15, 0.2) is 20.8 Å². The van der Waals surface area contributed by atoms with E-state index in [1.807, 2.05) is 0 Å². The third-order valence-electron chi connectivity index (χ3n) is 3.83. The van der Waals surface area contributed by atoms with E-state index in [0.29, 0.717) is 6.42 Å². The Morgan fingerprint density at radius 2 is 1.83 bits per heavy atom. The number of sulfone groups is 1. The van der Waals surface area contributed by atoms with Crippen molar-refractivity contribution in [2.75, 3.05) is 12.9 Å². The van der Waals surface area contributed by atoms with Gasteiger partial charge in [-0.05, 0) is 24.1 Å². The molecule has 11 heteroatoms. The van der Waals surface area contributed by atoms with Crippen LogP contribution in [0, 0.1) is 0 Å².